The van der Waals surface area contributed by atoms with Gasteiger partial charge in [0.25, 0.3) is 0 Å². The first-order valence-electron chi connectivity index (χ1n) is 6.56. The van der Waals surface area contributed by atoms with E-state index in [2.05, 4.69) is 10.6 Å². The van der Waals surface area contributed by atoms with Crippen LogP contribution in [0, 0.1) is 0 Å². The monoisotopic (exact) mass is 300 g/mol. The molecule has 0 spiro atoms. The molecule has 0 saturated carbocycles. The molecule has 0 saturated heterocycles. The largest absolute Gasteiger partial charge is 0.497 e. The minimum Gasteiger partial charge on any atom is -0.497 e. The standard InChI is InChI=1S/C14H21ClN2O3/c1-3-4-14(19)17-12-6-5-11(20-2)7-13(12)16-9-10(18)8-15/h5-7,10,16,18H,3-4,8-9H2,1-2H3,(H,17,19). The number of halogens is 1. The van der Waals surface area contributed by atoms with Crippen molar-refractivity contribution >= 4 is 28.9 Å². The molecule has 0 heterocycles. The SMILES string of the molecule is CCCC(=O)Nc1ccc(OC)cc1NCC(O)CCl. The molecular formula is C14H21ClN2O3. The van der Waals surface area contributed by atoms with Gasteiger partial charge >= 0.3 is 0 Å². The van der Waals surface area contributed by atoms with Crippen LogP contribution in [0.15, 0.2) is 18.2 Å². The quantitative estimate of drug-likeness (QED) is 0.645. The highest BCUT2D eigenvalue weighted by Gasteiger charge is 2.09. The number of carbonyl (C=O) groups excluding carboxylic acids is 1. The number of aliphatic hydroxyl groups excluding tert-OH is 1. The molecule has 1 unspecified atom stereocenters. The van der Waals surface area contributed by atoms with Crippen LogP contribution >= 0.6 is 11.6 Å². The Labute approximate surface area is 124 Å². The molecule has 6 heteroatoms. The van der Waals surface area contributed by atoms with Crippen LogP contribution in [-0.2, 0) is 4.79 Å². The Balaban J connectivity index is 2.83. The number of methoxy groups -OCH3 is 1. The van der Waals surface area contributed by atoms with Crippen LogP contribution < -0.4 is 15.4 Å². The third-order valence-electron chi connectivity index (χ3n) is 2.68. The van der Waals surface area contributed by atoms with E-state index in [0.717, 1.165) is 6.42 Å². The topological polar surface area (TPSA) is 70.6 Å². The molecule has 1 aromatic carbocycles. The summed E-state index contributed by atoms with van der Waals surface area (Å²) in [5.41, 5.74) is 1.35. The predicted octanol–water partition coefficient (Wildman–Crippen LogP) is 2.45. The predicted molar refractivity (Wildman–Crippen MR) is 81.7 cm³/mol. The minimum atomic E-state index is -0.651. The maximum absolute atomic E-state index is 11.7. The number of alkyl halides is 1. The van der Waals surface area contributed by atoms with Crippen molar-refractivity contribution in [2.75, 3.05) is 30.2 Å². The summed E-state index contributed by atoms with van der Waals surface area (Å²) in [6.07, 6.45) is 0.605. The van der Waals surface area contributed by atoms with E-state index in [9.17, 15) is 9.90 Å². The summed E-state index contributed by atoms with van der Waals surface area (Å²) in [5.74, 6) is 0.772. The van der Waals surface area contributed by atoms with E-state index < -0.39 is 6.10 Å². The van der Waals surface area contributed by atoms with E-state index in [-0.39, 0.29) is 11.8 Å². The van der Waals surface area contributed by atoms with Crippen molar-refractivity contribution in [1.29, 1.82) is 0 Å². The first-order chi connectivity index (χ1) is 9.60. The van der Waals surface area contributed by atoms with Crippen LogP contribution in [0.1, 0.15) is 19.8 Å². The number of rotatable bonds is 8. The van der Waals surface area contributed by atoms with E-state index >= 15 is 0 Å². The third kappa shape index (κ3) is 5.27. The van der Waals surface area contributed by atoms with E-state index in [0.29, 0.717) is 30.1 Å². The van der Waals surface area contributed by atoms with Crippen molar-refractivity contribution in [3.63, 3.8) is 0 Å². The third-order valence-corrected chi connectivity index (χ3v) is 3.04. The molecule has 3 N–H and O–H groups in total. The molecule has 5 nitrogen and oxygen atoms in total. The maximum Gasteiger partial charge on any atom is 0.224 e. The van der Waals surface area contributed by atoms with Gasteiger partial charge < -0.3 is 20.5 Å². The Morgan fingerprint density at radius 1 is 1.45 bits per heavy atom. The average molecular weight is 301 g/mol. The number of amides is 1. The van der Waals surface area contributed by atoms with Crippen LogP contribution in [0.2, 0.25) is 0 Å². The zero-order valence-electron chi connectivity index (χ0n) is 11.8. The van der Waals surface area contributed by atoms with Crippen molar-refractivity contribution in [1.82, 2.24) is 0 Å². The smallest absolute Gasteiger partial charge is 0.224 e. The molecule has 1 atom stereocenters. The van der Waals surface area contributed by atoms with Gasteiger partial charge in [0, 0.05) is 19.0 Å². The maximum atomic E-state index is 11.7. The van der Waals surface area contributed by atoms with E-state index in [4.69, 9.17) is 16.3 Å². The number of hydrogen-bond acceptors (Lipinski definition) is 4. The molecule has 0 aliphatic carbocycles. The lowest BCUT2D eigenvalue weighted by Gasteiger charge is -2.16. The van der Waals surface area contributed by atoms with Gasteiger partial charge in [0.1, 0.15) is 5.75 Å². The number of benzene rings is 1. The molecule has 112 valence electrons. The van der Waals surface area contributed by atoms with E-state index in [1.165, 1.54) is 0 Å². The molecule has 1 amide bonds. The molecule has 0 aliphatic heterocycles. The summed E-state index contributed by atoms with van der Waals surface area (Å²) in [4.78, 5) is 11.7. The fourth-order valence-electron chi connectivity index (χ4n) is 1.63. The Morgan fingerprint density at radius 3 is 2.80 bits per heavy atom. The Morgan fingerprint density at radius 2 is 2.20 bits per heavy atom. The van der Waals surface area contributed by atoms with Crippen LogP contribution in [0.3, 0.4) is 0 Å². The highest BCUT2D eigenvalue weighted by atomic mass is 35.5. The number of carbonyl (C=O) groups is 1. The van der Waals surface area contributed by atoms with Gasteiger partial charge in [0.15, 0.2) is 0 Å². The van der Waals surface area contributed by atoms with Crippen molar-refractivity contribution in [3.05, 3.63) is 18.2 Å². The average Bonchev–Trinajstić information content (AvgIpc) is 2.46. The Hall–Kier alpha value is -1.46. The molecule has 0 fully saturated rings. The molecule has 1 rings (SSSR count). The summed E-state index contributed by atoms with van der Waals surface area (Å²) in [7, 11) is 1.57. The molecular weight excluding hydrogens is 280 g/mol. The van der Waals surface area contributed by atoms with Gasteiger partial charge in [0.2, 0.25) is 5.91 Å². The second kappa shape index (κ2) is 8.66. The summed E-state index contributed by atoms with van der Waals surface area (Å²) < 4.78 is 5.15. The fraction of sp³-hybridized carbons (Fsp3) is 0.500. The zero-order chi connectivity index (χ0) is 15.0. The van der Waals surface area contributed by atoms with Gasteiger partial charge in [-0.3, -0.25) is 4.79 Å². The highest BCUT2D eigenvalue weighted by molar-refractivity contribution is 6.18. The molecule has 0 aliphatic rings. The van der Waals surface area contributed by atoms with Crippen molar-refractivity contribution in [2.24, 2.45) is 0 Å². The van der Waals surface area contributed by atoms with Crippen molar-refractivity contribution in [2.45, 2.75) is 25.9 Å². The fourth-order valence-corrected chi connectivity index (χ4v) is 1.74. The Kier molecular flexibility index (Phi) is 7.18. The second-order valence-corrected chi connectivity index (χ2v) is 4.71. The number of aliphatic hydroxyl groups is 1. The van der Waals surface area contributed by atoms with Crippen molar-refractivity contribution < 1.29 is 14.6 Å². The first kappa shape index (κ1) is 16.6. The molecule has 20 heavy (non-hydrogen) atoms. The van der Waals surface area contributed by atoms with Crippen LogP contribution in [0.5, 0.6) is 5.75 Å². The molecule has 0 bridgehead atoms. The van der Waals surface area contributed by atoms with Crippen LogP contribution in [-0.4, -0.2) is 36.7 Å². The minimum absolute atomic E-state index is 0.0430. The summed E-state index contributed by atoms with van der Waals surface area (Å²) in [6.45, 7) is 2.25. The number of hydrogen-bond donors (Lipinski definition) is 3. The molecule has 0 radical (unpaired) electrons. The van der Waals surface area contributed by atoms with Gasteiger partial charge in [0.05, 0.1) is 30.5 Å². The van der Waals surface area contributed by atoms with Gasteiger partial charge in [-0.15, -0.1) is 11.6 Å². The highest BCUT2D eigenvalue weighted by Crippen LogP contribution is 2.27. The molecule has 0 aromatic heterocycles. The van der Waals surface area contributed by atoms with Gasteiger partial charge in [-0.2, -0.15) is 0 Å². The number of ether oxygens (including phenoxy) is 1. The van der Waals surface area contributed by atoms with Gasteiger partial charge in [-0.25, -0.2) is 0 Å². The number of nitrogens with one attached hydrogen (secondary N) is 2. The van der Waals surface area contributed by atoms with Crippen LogP contribution in [0.25, 0.3) is 0 Å². The van der Waals surface area contributed by atoms with E-state index in [1.54, 1.807) is 25.3 Å². The van der Waals surface area contributed by atoms with Crippen LogP contribution in [0.4, 0.5) is 11.4 Å². The lowest BCUT2D eigenvalue weighted by Crippen LogP contribution is -2.22. The summed E-state index contributed by atoms with van der Waals surface area (Å²) in [5, 5.41) is 15.4. The normalized spacial score (nSPS) is 11.8. The lowest BCUT2D eigenvalue weighted by atomic mass is 10.2. The van der Waals surface area contributed by atoms with E-state index in [1.807, 2.05) is 6.92 Å². The number of anilines is 2. The lowest BCUT2D eigenvalue weighted by molar-refractivity contribution is -0.116. The second-order valence-electron chi connectivity index (χ2n) is 4.40. The summed E-state index contributed by atoms with van der Waals surface area (Å²) in [6, 6.07) is 5.30. The Bertz CT molecular complexity index is 440. The molecule has 1 aromatic rings. The van der Waals surface area contributed by atoms with Gasteiger partial charge in [-0.1, -0.05) is 6.92 Å². The first-order valence-corrected chi connectivity index (χ1v) is 7.10. The summed E-state index contributed by atoms with van der Waals surface area (Å²) >= 11 is 5.56. The van der Waals surface area contributed by atoms with Crippen molar-refractivity contribution in [3.8, 4) is 5.75 Å². The van der Waals surface area contributed by atoms with Gasteiger partial charge in [-0.05, 0) is 18.6 Å². The zero-order valence-corrected chi connectivity index (χ0v) is 12.5.